The first-order valence-corrected chi connectivity index (χ1v) is 6.33. The van der Waals surface area contributed by atoms with Crippen LogP contribution < -0.4 is 0 Å². The number of ether oxygens (including phenoxy) is 1. The van der Waals surface area contributed by atoms with Crippen LogP contribution >= 0.6 is 22.6 Å². The van der Waals surface area contributed by atoms with Crippen molar-refractivity contribution < 1.29 is 9.53 Å². The summed E-state index contributed by atoms with van der Waals surface area (Å²) in [5, 5.41) is 0. The summed E-state index contributed by atoms with van der Waals surface area (Å²) in [5.41, 5.74) is 1.73. The molecule has 1 aromatic rings. The number of esters is 1. The molecule has 3 heteroatoms. The summed E-state index contributed by atoms with van der Waals surface area (Å²) < 4.78 is 6.11. The van der Waals surface area contributed by atoms with Gasteiger partial charge in [-0.3, -0.25) is 4.79 Å². The van der Waals surface area contributed by atoms with E-state index in [1.165, 1.54) is 12.5 Å². The predicted molar refractivity (Wildman–Crippen MR) is 69.2 cm³/mol. The average molecular weight is 318 g/mol. The summed E-state index contributed by atoms with van der Waals surface area (Å²) >= 11 is 2.23. The zero-order valence-corrected chi connectivity index (χ0v) is 11.4. The van der Waals surface area contributed by atoms with Crippen LogP contribution in [-0.4, -0.2) is 10.4 Å². The molecule has 1 aromatic carbocycles. The van der Waals surface area contributed by atoms with Gasteiger partial charge in [0.1, 0.15) is 5.60 Å². The summed E-state index contributed by atoms with van der Waals surface area (Å²) in [6, 6.07) is 8.08. The first-order chi connectivity index (χ1) is 6.98. The van der Waals surface area contributed by atoms with E-state index in [1.807, 2.05) is 38.1 Å². The Hall–Kier alpha value is -0.580. The van der Waals surface area contributed by atoms with Gasteiger partial charge >= 0.3 is 5.97 Å². The number of carbonyl (C=O) groups is 1. The highest BCUT2D eigenvalue weighted by atomic mass is 127. The topological polar surface area (TPSA) is 26.3 Å². The molecule has 1 atom stereocenters. The maximum absolute atomic E-state index is 11.0. The molecule has 1 unspecified atom stereocenters. The molecule has 0 radical (unpaired) electrons. The summed E-state index contributed by atoms with van der Waals surface area (Å²) in [6.45, 7) is 5.42. The monoisotopic (exact) mass is 318 g/mol. The van der Waals surface area contributed by atoms with E-state index in [1.54, 1.807) is 0 Å². The third kappa shape index (κ3) is 3.19. The first kappa shape index (κ1) is 12.5. The molecule has 15 heavy (non-hydrogen) atoms. The van der Waals surface area contributed by atoms with E-state index >= 15 is 0 Å². The second kappa shape index (κ2) is 4.96. The van der Waals surface area contributed by atoms with Crippen LogP contribution in [0.25, 0.3) is 0 Å². The van der Waals surface area contributed by atoms with Gasteiger partial charge in [-0.15, -0.1) is 0 Å². The molecule has 0 fully saturated rings. The fourth-order valence-corrected chi connectivity index (χ4v) is 1.98. The largest absolute Gasteiger partial charge is 0.454 e. The minimum Gasteiger partial charge on any atom is -0.454 e. The van der Waals surface area contributed by atoms with Crippen LogP contribution in [0.2, 0.25) is 0 Å². The molecule has 0 spiro atoms. The van der Waals surface area contributed by atoms with Gasteiger partial charge in [0.2, 0.25) is 0 Å². The van der Waals surface area contributed by atoms with Crippen LogP contribution in [0.4, 0.5) is 0 Å². The van der Waals surface area contributed by atoms with Crippen molar-refractivity contribution in [3.63, 3.8) is 0 Å². The molecule has 0 saturated heterocycles. The minimum absolute atomic E-state index is 0.241. The van der Waals surface area contributed by atoms with E-state index < -0.39 is 5.60 Å². The van der Waals surface area contributed by atoms with E-state index in [0.29, 0.717) is 0 Å². The molecular weight excluding hydrogens is 303 g/mol. The fraction of sp³-hybridized carbons (Fsp3) is 0.417. The molecule has 0 aliphatic rings. The second-order valence-electron chi connectivity index (χ2n) is 3.82. The lowest BCUT2D eigenvalue weighted by atomic mass is 9.97. The van der Waals surface area contributed by atoms with E-state index in [0.717, 1.165) is 9.99 Å². The van der Waals surface area contributed by atoms with E-state index in [4.69, 9.17) is 4.74 Å². The van der Waals surface area contributed by atoms with Crippen molar-refractivity contribution >= 4 is 28.6 Å². The Balaban J connectivity index is 3.00. The standard InChI is InChI=1S/C12H15IO2/c1-9-4-6-11(7-5-9)12(3,8-13)15-10(2)14/h4-7H,8H2,1-3H3. The van der Waals surface area contributed by atoms with E-state index in [2.05, 4.69) is 22.6 Å². The molecule has 0 bridgehead atoms. The zero-order valence-electron chi connectivity index (χ0n) is 9.21. The number of hydrogen-bond donors (Lipinski definition) is 0. The minimum atomic E-state index is -0.514. The molecule has 0 heterocycles. The Kier molecular flexibility index (Phi) is 4.13. The number of aryl methyl sites for hydroxylation is 1. The lowest BCUT2D eigenvalue weighted by Gasteiger charge is -2.27. The van der Waals surface area contributed by atoms with Gasteiger partial charge in [0.25, 0.3) is 0 Å². The number of rotatable bonds is 3. The van der Waals surface area contributed by atoms with Gasteiger partial charge in [-0.05, 0) is 19.4 Å². The number of hydrogen-bond acceptors (Lipinski definition) is 2. The second-order valence-corrected chi connectivity index (χ2v) is 4.59. The Morgan fingerprint density at radius 2 is 1.93 bits per heavy atom. The molecule has 0 saturated carbocycles. The van der Waals surface area contributed by atoms with Gasteiger partial charge in [-0.25, -0.2) is 0 Å². The molecular formula is C12H15IO2. The Bertz CT molecular complexity index is 345. The summed E-state index contributed by atoms with van der Waals surface area (Å²) in [5.74, 6) is -0.241. The van der Waals surface area contributed by atoms with Crippen molar-refractivity contribution in [2.45, 2.75) is 26.4 Å². The number of alkyl halides is 1. The van der Waals surface area contributed by atoms with E-state index in [9.17, 15) is 4.79 Å². The van der Waals surface area contributed by atoms with E-state index in [-0.39, 0.29) is 5.97 Å². The highest BCUT2D eigenvalue weighted by molar-refractivity contribution is 14.1. The third-order valence-electron chi connectivity index (χ3n) is 2.29. The lowest BCUT2D eigenvalue weighted by molar-refractivity contribution is -0.153. The Labute approximate surface area is 104 Å². The van der Waals surface area contributed by atoms with Crippen molar-refractivity contribution in [1.82, 2.24) is 0 Å². The van der Waals surface area contributed by atoms with Gasteiger partial charge in [0, 0.05) is 11.4 Å². The van der Waals surface area contributed by atoms with Gasteiger partial charge in [-0.2, -0.15) is 0 Å². The smallest absolute Gasteiger partial charge is 0.303 e. The lowest BCUT2D eigenvalue weighted by Crippen LogP contribution is -2.29. The third-order valence-corrected chi connectivity index (χ3v) is 3.74. The van der Waals surface area contributed by atoms with Crippen molar-refractivity contribution in [3.8, 4) is 0 Å². The summed E-state index contributed by atoms with van der Waals surface area (Å²) in [4.78, 5) is 11.0. The number of carbonyl (C=O) groups excluding carboxylic acids is 1. The van der Waals surface area contributed by atoms with Crippen LogP contribution in [0, 0.1) is 6.92 Å². The maximum Gasteiger partial charge on any atom is 0.303 e. The van der Waals surface area contributed by atoms with Gasteiger partial charge in [0.15, 0.2) is 0 Å². The number of benzene rings is 1. The first-order valence-electron chi connectivity index (χ1n) is 4.80. The summed E-state index contributed by atoms with van der Waals surface area (Å²) in [7, 11) is 0. The normalized spacial score (nSPS) is 14.4. The van der Waals surface area contributed by atoms with Crippen molar-refractivity contribution in [2.75, 3.05) is 4.43 Å². The van der Waals surface area contributed by atoms with Crippen LogP contribution in [0.5, 0.6) is 0 Å². The molecule has 82 valence electrons. The van der Waals surface area contributed by atoms with Crippen LogP contribution in [0.15, 0.2) is 24.3 Å². The zero-order chi connectivity index (χ0) is 11.5. The van der Waals surface area contributed by atoms with Crippen molar-refractivity contribution in [1.29, 1.82) is 0 Å². The number of halogens is 1. The van der Waals surface area contributed by atoms with Crippen LogP contribution in [0.1, 0.15) is 25.0 Å². The van der Waals surface area contributed by atoms with Gasteiger partial charge in [0.05, 0.1) is 0 Å². The van der Waals surface area contributed by atoms with Gasteiger partial charge < -0.3 is 4.74 Å². The molecule has 1 rings (SSSR count). The fourth-order valence-electron chi connectivity index (χ4n) is 1.39. The van der Waals surface area contributed by atoms with Crippen molar-refractivity contribution in [3.05, 3.63) is 35.4 Å². The molecule has 2 nitrogen and oxygen atoms in total. The highest BCUT2D eigenvalue weighted by Gasteiger charge is 2.28. The predicted octanol–water partition coefficient (Wildman–Crippen LogP) is 3.21. The molecule has 0 aliphatic carbocycles. The Morgan fingerprint density at radius 1 is 1.40 bits per heavy atom. The summed E-state index contributed by atoms with van der Waals surface area (Å²) in [6.07, 6.45) is 0. The Morgan fingerprint density at radius 3 is 2.33 bits per heavy atom. The van der Waals surface area contributed by atoms with Crippen molar-refractivity contribution in [2.24, 2.45) is 0 Å². The van der Waals surface area contributed by atoms with Gasteiger partial charge in [-0.1, -0.05) is 52.4 Å². The maximum atomic E-state index is 11.0. The molecule has 0 aromatic heterocycles. The average Bonchev–Trinajstić information content (AvgIpc) is 2.17. The highest BCUT2D eigenvalue weighted by Crippen LogP contribution is 2.28. The molecule has 0 amide bonds. The quantitative estimate of drug-likeness (QED) is 0.486. The van der Waals surface area contributed by atoms with Crippen LogP contribution in [0.3, 0.4) is 0 Å². The molecule has 0 N–H and O–H groups in total. The SMILES string of the molecule is CC(=O)OC(C)(CI)c1ccc(C)cc1. The van der Waals surface area contributed by atoms with Crippen LogP contribution in [-0.2, 0) is 15.1 Å². The molecule has 0 aliphatic heterocycles.